The van der Waals surface area contributed by atoms with Gasteiger partial charge in [0.05, 0.1) is 11.4 Å². The van der Waals surface area contributed by atoms with Crippen LogP contribution in [0, 0.1) is 0 Å². The summed E-state index contributed by atoms with van der Waals surface area (Å²) in [6, 6.07) is 0. The average molecular weight is 241 g/mol. The van der Waals surface area contributed by atoms with Crippen molar-refractivity contribution >= 4 is 10.0 Å². The van der Waals surface area contributed by atoms with Crippen LogP contribution in [0.4, 0.5) is 8.78 Å². The van der Waals surface area contributed by atoms with Gasteiger partial charge >= 0.3 is 6.61 Å². The van der Waals surface area contributed by atoms with Gasteiger partial charge < -0.3 is 4.74 Å². The zero-order chi connectivity index (χ0) is 11.1. The van der Waals surface area contributed by atoms with Crippen LogP contribution in [-0.2, 0) is 14.8 Å². The standard InChI is InChI=1S/C8H13F2NO3S/c9-8(10)14-6-3-4-11(5-6)15(12,13)7-1-2-7/h6-8H,1-5H2/t6-/m0/s1. The fourth-order valence-corrected chi connectivity index (χ4v) is 3.65. The van der Waals surface area contributed by atoms with E-state index >= 15 is 0 Å². The van der Waals surface area contributed by atoms with E-state index in [0.29, 0.717) is 25.8 Å². The molecule has 4 nitrogen and oxygen atoms in total. The smallest absolute Gasteiger partial charge is 0.318 e. The number of sulfonamides is 1. The minimum absolute atomic E-state index is 0.0726. The maximum Gasteiger partial charge on any atom is 0.345 e. The van der Waals surface area contributed by atoms with E-state index in [1.165, 1.54) is 4.31 Å². The van der Waals surface area contributed by atoms with Crippen molar-refractivity contribution in [3.63, 3.8) is 0 Å². The Labute approximate surface area is 87.2 Å². The number of hydrogen-bond donors (Lipinski definition) is 0. The summed E-state index contributed by atoms with van der Waals surface area (Å²) in [5.41, 5.74) is 0. The van der Waals surface area contributed by atoms with Crippen LogP contribution in [0.5, 0.6) is 0 Å². The van der Waals surface area contributed by atoms with Crippen molar-refractivity contribution in [1.29, 1.82) is 0 Å². The van der Waals surface area contributed by atoms with Crippen LogP contribution in [0.1, 0.15) is 19.3 Å². The van der Waals surface area contributed by atoms with Gasteiger partial charge in [0, 0.05) is 13.1 Å². The van der Waals surface area contributed by atoms with E-state index in [4.69, 9.17) is 0 Å². The number of hydrogen-bond acceptors (Lipinski definition) is 3. The first-order valence-corrected chi connectivity index (χ1v) is 6.43. The van der Waals surface area contributed by atoms with Crippen LogP contribution >= 0.6 is 0 Å². The number of nitrogens with zero attached hydrogens (tertiary/aromatic N) is 1. The Morgan fingerprint density at radius 2 is 1.93 bits per heavy atom. The number of ether oxygens (including phenoxy) is 1. The summed E-state index contributed by atoms with van der Waals surface area (Å²) in [4.78, 5) is 0. The zero-order valence-corrected chi connectivity index (χ0v) is 8.92. The molecule has 1 saturated heterocycles. The first-order valence-electron chi connectivity index (χ1n) is 4.92. The maximum atomic E-state index is 11.9. The van der Waals surface area contributed by atoms with Gasteiger partial charge in [0.25, 0.3) is 0 Å². The highest BCUT2D eigenvalue weighted by molar-refractivity contribution is 7.90. The zero-order valence-electron chi connectivity index (χ0n) is 8.10. The lowest BCUT2D eigenvalue weighted by molar-refractivity contribution is -0.157. The van der Waals surface area contributed by atoms with Crippen LogP contribution < -0.4 is 0 Å². The molecular weight excluding hydrogens is 228 g/mol. The van der Waals surface area contributed by atoms with Crippen LogP contribution in [0.25, 0.3) is 0 Å². The monoisotopic (exact) mass is 241 g/mol. The lowest BCUT2D eigenvalue weighted by Gasteiger charge is -2.15. The molecule has 0 bridgehead atoms. The van der Waals surface area contributed by atoms with Crippen molar-refractivity contribution in [1.82, 2.24) is 4.31 Å². The third-order valence-electron chi connectivity index (χ3n) is 2.71. The third kappa shape index (κ3) is 2.46. The summed E-state index contributed by atoms with van der Waals surface area (Å²) >= 11 is 0. The normalized spacial score (nSPS) is 28.9. The van der Waals surface area contributed by atoms with E-state index in [0.717, 1.165) is 0 Å². The Hall–Kier alpha value is -0.270. The molecule has 0 unspecified atom stereocenters. The highest BCUT2D eigenvalue weighted by Crippen LogP contribution is 2.33. The van der Waals surface area contributed by atoms with Crippen molar-refractivity contribution in [2.75, 3.05) is 13.1 Å². The predicted molar refractivity (Wildman–Crippen MR) is 49.0 cm³/mol. The van der Waals surface area contributed by atoms with Gasteiger partial charge in [0.15, 0.2) is 0 Å². The van der Waals surface area contributed by atoms with Crippen LogP contribution in [0.2, 0.25) is 0 Å². The first-order chi connectivity index (χ1) is 7.00. The molecule has 0 amide bonds. The fourth-order valence-electron chi connectivity index (χ4n) is 1.76. The van der Waals surface area contributed by atoms with Crippen LogP contribution in [0.15, 0.2) is 0 Å². The number of alkyl halides is 2. The minimum atomic E-state index is -3.23. The molecule has 0 aromatic rings. The molecule has 2 aliphatic rings. The predicted octanol–water partition coefficient (Wildman–Crippen LogP) is 0.792. The van der Waals surface area contributed by atoms with Crippen LogP contribution in [-0.4, -0.2) is 43.8 Å². The van der Waals surface area contributed by atoms with Gasteiger partial charge in [-0.3, -0.25) is 0 Å². The van der Waals surface area contributed by atoms with E-state index in [1.54, 1.807) is 0 Å². The molecule has 0 radical (unpaired) electrons. The Balaban J connectivity index is 1.92. The molecule has 0 spiro atoms. The maximum absolute atomic E-state index is 11.9. The molecule has 7 heteroatoms. The summed E-state index contributed by atoms with van der Waals surface area (Å²) in [5.74, 6) is 0. The molecule has 2 rings (SSSR count). The molecular formula is C8H13F2NO3S. The van der Waals surface area contributed by atoms with Crippen molar-refractivity contribution < 1.29 is 21.9 Å². The van der Waals surface area contributed by atoms with Gasteiger partial charge in [-0.15, -0.1) is 0 Å². The fraction of sp³-hybridized carbons (Fsp3) is 1.00. The van der Waals surface area contributed by atoms with E-state index in [9.17, 15) is 17.2 Å². The van der Waals surface area contributed by atoms with Crippen molar-refractivity contribution in [3.8, 4) is 0 Å². The topological polar surface area (TPSA) is 46.6 Å². The lowest BCUT2D eigenvalue weighted by atomic mass is 10.3. The molecule has 15 heavy (non-hydrogen) atoms. The Morgan fingerprint density at radius 1 is 1.27 bits per heavy atom. The second-order valence-corrected chi connectivity index (χ2v) is 6.12. The summed E-state index contributed by atoms with van der Waals surface area (Å²) in [6.45, 7) is -2.45. The van der Waals surface area contributed by atoms with E-state index in [-0.39, 0.29) is 11.8 Å². The highest BCUT2D eigenvalue weighted by atomic mass is 32.2. The summed E-state index contributed by atoms with van der Waals surface area (Å²) < 4.78 is 52.8. The van der Waals surface area contributed by atoms with Gasteiger partial charge in [-0.05, 0) is 19.3 Å². The van der Waals surface area contributed by atoms with Crippen molar-refractivity contribution in [2.45, 2.75) is 37.2 Å². The molecule has 1 aliphatic heterocycles. The van der Waals surface area contributed by atoms with E-state index < -0.39 is 22.7 Å². The molecule has 2 fully saturated rings. The van der Waals surface area contributed by atoms with Gasteiger partial charge in [-0.1, -0.05) is 0 Å². The molecule has 1 saturated carbocycles. The summed E-state index contributed by atoms with van der Waals surface area (Å²) in [7, 11) is -3.23. The van der Waals surface area contributed by atoms with Gasteiger partial charge in [0.1, 0.15) is 0 Å². The van der Waals surface area contributed by atoms with Gasteiger partial charge in [-0.2, -0.15) is 13.1 Å². The summed E-state index contributed by atoms with van der Waals surface area (Å²) in [5, 5.41) is -0.275. The van der Waals surface area contributed by atoms with Gasteiger partial charge in [0.2, 0.25) is 10.0 Å². The molecule has 1 aliphatic carbocycles. The average Bonchev–Trinajstić information content (AvgIpc) is 2.88. The molecule has 0 N–H and O–H groups in total. The molecule has 0 aromatic carbocycles. The second kappa shape index (κ2) is 3.95. The molecule has 88 valence electrons. The number of halogens is 2. The quantitative estimate of drug-likeness (QED) is 0.731. The highest BCUT2D eigenvalue weighted by Gasteiger charge is 2.43. The largest absolute Gasteiger partial charge is 0.345 e. The number of rotatable bonds is 4. The lowest BCUT2D eigenvalue weighted by Crippen LogP contribution is -2.33. The Bertz CT molecular complexity index is 329. The SMILES string of the molecule is O=S(=O)(C1CC1)N1CC[C@H](OC(F)F)C1. The van der Waals surface area contributed by atoms with Crippen molar-refractivity contribution in [3.05, 3.63) is 0 Å². The van der Waals surface area contributed by atoms with E-state index in [1.807, 2.05) is 0 Å². The Kier molecular flexibility index (Phi) is 2.96. The van der Waals surface area contributed by atoms with Crippen molar-refractivity contribution in [2.24, 2.45) is 0 Å². The van der Waals surface area contributed by atoms with E-state index in [2.05, 4.69) is 4.74 Å². The Morgan fingerprint density at radius 3 is 2.47 bits per heavy atom. The third-order valence-corrected chi connectivity index (χ3v) is 5.07. The molecule has 1 atom stereocenters. The summed E-state index contributed by atoms with van der Waals surface area (Å²) in [6.07, 6.45) is 1.09. The first kappa shape index (κ1) is 11.2. The molecule has 0 aromatic heterocycles. The second-order valence-electron chi connectivity index (χ2n) is 3.91. The van der Waals surface area contributed by atoms with Gasteiger partial charge in [-0.25, -0.2) is 8.42 Å². The minimum Gasteiger partial charge on any atom is -0.318 e. The molecule has 1 heterocycles. The van der Waals surface area contributed by atoms with Crippen LogP contribution in [0.3, 0.4) is 0 Å².